The number of carbonyl (C=O) groups is 2. The van der Waals surface area contributed by atoms with E-state index in [2.05, 4.69) is 46.5 Å². The van der Waals surface area contributed by atoms with Crippen molar-refractivity contribution in [3.63, 3.8) is 0 Å². The lowest BCUT2D eigenvalue weighted by atomic mass is 10.1. The molecule has 1 fully saturated rings. The Morgan fingerprint density at radius 1 is 1.11 bits per heavy atom. The van der Waals surface area contributed by atoms with Gasteiger partial charge < -0.3 is 10.2 Å². The summed E-state index contributed by atoms with van der Waals surface area (Å²) < 4.78 is 1.53. The summed E-state index contributed by atoms with van der Waals surface area (Å²) in [5.74, 6) is -0.318. The molecular formula is C20H27N5O2. The quantitative estimate of drug-likeness (QED) is 0.857. The summed E-state index contributed by atoms with van der Waals surface area (Å²) in [6, 6.07) is 10.2. The molecule has 0 saturated carbocycles. The molecule has 0 atom stereocenters. The summed E-state index contributed by atoms with van der Waals surface area (Å²) >= 11 is 0. The second-order valence-electron chi connectivity index (χ2n) is 7.12. The normalized spacial score (nSPS) is 15.0. The summed E-state index contributed by atoms with van der Waals surface area (Å²) in [6.07, 6.45) is 0. The zero-order valence-corrected chi connectivity index (χ0v) is 16.2. The van der Waals surface area contributed by atoms with E-state index in [1.807, 2.05) is 11.8 Å². The van der Waals surface area contributed by atoms with Gasteiger partial charge in [-0.15, -0.1) is 0 Å². The molecule has 1 N–H and O–H groups in total. The number of benzene rings is 1. The maximum atomic E-state index is 12.4. The van der Waals surface area contributed by atoms with Crippen molar-refractivity contribution in [3.05, 3.63) is 52.8 Å². The van der Waals surface area contributed by atoms with Crippen LogP contribution < -0.4 is 5.32 Å². The number of piperazine rings is 1. The maximum absolute atomic E-state index is 12.4. The fourth-order valence-electron chi connectivity index (χ4n) is 3.41. The van der Waals surface area contributed by atoms with E-state index < -0.39 is 0 Å². The molecule has 0 aliphatic carbocycles. The van der Waals surface area contributed by atoms with Gasteiger partial charge in [-0.1, -0.05) is 29.8 Å². The SMILES string of the molecule is Cc1cccc(CN2CCN(C(=O)CNC(=O)c3cc(C)nn3C)CC2)c1. The predicted molar refractivity (Wildman–Crippen MR) is 103 cm³/mol. The van der Waals surface area contributed by atoms with Gasteiger partial charge in [-0.05, 0) is 25.5 Å². The number of hydrogen-bond donors (Lipinski definition) is 1. The van der Waals surface area contributed by atoms with Crippen LogP contribution in [0.1, 0.15) is 27.3 Å². The molecule has 2 heterocycles. The van der Waals surface area contributed by atoms with Crippen LogP contribution in [0.25, 0.3) is 0 Å². The van der Waals surface area contributed by atoms with Crippen molar-refractivity contribution in [1.29, 1.82) is 0 Å². The van der Waals surface area contributed by atoms with Gasteiger partial charge in [0.05, 0.1) is 12.2 Å². The van der Waals surface area contributed by atoms with Crippen LogP contribution in [-0.2, 0) is 18.4 Å². The number of carbonyl (C=O) groups excluding carboxylic acids is 2. The van der Waals surface area contributed by atoms with E-state index in [1.165, 1.54) is 15.8 Å². The Labute approximate surface area is 159 Å². The lowest BCUT2D eigenvalue weighted by Gasteiger charge is -2.34. The van der Waals surface area contributed by atoms with Crippen molar-refractivity contribution in [1.82, 2.24) is 24.9 Å². The summed E-state index contributed by atoms with van der Waals surface area (Å²) in [5, 5.41) is 6.86. The third-order valence-electron chi connectivity index (χ3n) is 4.85. The third-order valence-corrected chi connectivity index (χ3v) is 4.85. The molecule has 1 aliphatic heterocycles. The first-order chi connectivity index (χ1) is 12.9. The molecule has 1 aromatic carbocycles. The Morgan fingerprint density at radius 3 is 2.48 bits per heavy atom. The molecule has 7 heteroatoms. The van der Waals surface area contributed by atoms with Crippen molar-refractivity contribution in [2.24, 2.45) is 7.05 Å². The molecule has 2 amide bonds. The lowest BCUT2D eigenvalue weighted by Crippen LogP contribution is -2.50. The minimum atomic E-state index is -0.274. The van der Waals surface area contributed by atoms with Crippen molar-refractivity contribution in [2.75, 3.05) is 32.7 Å². The summed E-state index contributed by atoms with van der Waals surface area (Å²) in [5.41, 5.74) is 3.80. The summed E-state index contributed by atoms with van der Waals surface area (Å²) in [4.78, 5) is 28.8. The summed E-state index contributed by atoms with van der Waals surface area (Å²) in [6.45, 7) is 7.90. The van der Waals surface area contributed by atoms with Crippen molar-refractivity contribution >= 4 is 11.8 Å². The van der Waals surface area contributed by atoms with Crippen LogP contribution in [0, 0.1) is 13.8 Å². The first-order valence-corrected chi connectivity index (χ1v) is 9.27. The molecule has 0 bridgehead atoms. The number of hydrogen-bond acceptors (Lipinski definition) is 4. The van der Waals surface area contributed by atoms with Crippen molar-refractivity contribution in [2.45, 2.75) is 20.4 Å². The van der Waals surface area contributed by atoms with Crippen molar-refractivity contribution < 1.29 is 9.59 Å². The van der Waals surface area contributed by atoms with Gasteiger partial charge in [0.15, 0.2) is 0 Å². The van der Waals surface area contributed by atoms with Gasteiger partial charge in [-0.2, -0.15) is 5.10 Å². The monoisotopic (exact) mass is 369 g/mol. The number of amides is 2. The Balaban J connectivity index is 1.44. The Morgan fingerprint density at radius 2 is 1.85 bits per heavy atom. The van der Waals surface area contributed by atoms with Gasteiger partial charge in [0.2, 0.25) is 5.91 Å². The number of nitrogens with zero attached hydrogens (tertiary/aromatic N) is 4. The van der Waals surface area contributed by atoms with Crippen molar-refractivity contribution in [3.8, 4) is 0 Å². The highest BCUT2D eigenvalue weighted by atomic mass is 16.2. The van der Waals surface area contributed by atoms with E-state index >= 15 is 0 Å². The fraction of sp³-hybridized carbons (Fsp3) is 0.450. The highest BCUT2D eigenvalue weighted by Crippen LogP contribution is 2.10. The fourth-order valence-corrected chi connectivity index (χ4v) is 3.41. The first kappa shape index (κ1) is 19.1. The molecule has 3 rings (SSSR count). The molecule has 2 aromatic rings. The standard InChI is InChI=1S/C20H27N5O2/c1-15-5-4-6-17(11-15)14-24-7-9-25(10-8-24)19(26)13-21-20(27)18-12-16(2)22-23(18)3/h4-6,11-12H,7-10,13-14H2,1-3H3,(H,21,27). The van der Waals surface area contributed by atoms with Gasteiger partial charge in [-0.25, -0.2) is 0 Å². The molecule has 144 valence electrons. The average molecular weight is 369 g/mol. The van der Waals surface area contributed by atoms with Gasteiger partial charge in [0.25, 0.3) is 5.91 Å². The van der Waals surface area contributed by atoms with Crippen LogP contribution >= 0.6 is 0 Å². The average Bonchev–Trinajstić information content (AvgIpc) is 2.98. The topological polar surface area (TPSA) is 70.5 Å². The second kappa shape index (κ2) is 8.35. The van der Waals surface area contributed by atoms with Crippen LogP contribution in [0.15, 0.2) is 30.3 Å². The molecule has 0 unspecified atom stereocenters. The van der Waals surface area contributed by atoms with E-state index in [-0.39, 0.29) is 18.4 Å². The Hall–Kier alpha value is -2.67. The van der Waals surface area contributed by atoms with Crippen LogP contribution in [-0.4, -0.2) is 64.1 Å². The smallest absolute Gasteiger partial charge is 0.269 e. The molecule has 27 heavy (non-hydrogen) atoms. The molecule has 7 nitrogen and oxygen atoms in total. The first-order valence-electron chi connectivity index (χ1n) is 9.27. The minimum absolute atomic E-state index is 0.0148. The van der Waals surface area contributed by atoms with Gasteiger partial charge >= 0.3 is 0 Å². The lowest BCUT2D eigenvalue weighted by molar-refractivity contribution is -0.131. The molecule has 0 radical (unpaired) electrons. The van der Waals surface area contributed by atoms with Crippen LogP contribution in [0.2, 0.25) is 0 Å². The van der Waals surface area contributed by atoms with E-state index in [1.54, 1.807) is 13.1 Å². The Kier molecular flexibility index (Phi) is 5.91. The minimum Gasteiger partial charge on any atom is -0.342 e. The van der Waals surface area contributed by atoms with Crippen LogP contribution in [0.4, 0.5) is 0 Å². The highest BCUT2D eigenvalue weighted by Gasteiger charge is 2.22. The highest BCUT2D eigenvalue weighted by molar-refractivity contribution is 5.95. The van der Waals surface area contributed by atoms with E-state index in [9.17, 15) is 9.59 Å². The Bertz CT molecular complexity index is 822. The molecule has 1 aliphatic rings. The maximum Gasteiger partial charge on any atom is 0.269 e. The van der Waals surface area contributed by atoms with Crippen LogP contribution in [0.5, 0.6) is 0 Å². The number of nitrogens with one attached hydrogen (secondary N) is 1. The van der Waals surface area contributed by atoms with Gasteiger partial charge in [0.1, 0.15) is 5.69 Å². The molecule has 0 spiro atoms. The number of aromatic nitrogens is 2. The van der Waals surface area contributed by atoms with E-state index in [4.69, 9.17) is 0 Å². The van der Waals surface area contributed by atoms with E-state index in [0.29, 0.717) is 18.8 Å². The molecule has 1 saturated heterocycles. The second-order valence-corrected chi connectivity index (χ2v) is 7.12. The number of aryl methyl sites for hydroxylation is 3. The van der Waals surface area contributed by atoms with Gasteiger partial charge in [0, 0.05) is 39.8 Å². The van der Waals surface area contributed by atoms with Crippen LogP contribution in [0.3, 0.4) is 0 Å². The zero-order valence-electron chi connectivity index (χ0n) is 16.2. The number of rotatable bonds is 5. The third kappa shape index (κ3) is 4.95. The molecule has 1 aromatic heterocycles. The van der Waals surface area contributed by atoms with E-state index in [0.717, 1.165) is 25.3 Å². The molecular weight excluding hydrogens is 342 g/mol. The largest absolute Gasteiger partial charge is 0.342 e. The predicted octanol–water partition coefficient (Wildman–Crippen LogP) is 1.11. The summed E-state index contributed by atoms with van der Waals surface area (Å²) in [7, 11) is 1.72. The zero-order chi connectivity index (χ0) is 19.4. The van der Waals surface area contributed by atoms with Gasteiger partial charge in [-0.3, -0.25) is 19.2 Å².